The van der Waals surface area contributed by atoms with Crippen molar-refractivity contribution in [3.8, 4) is 0 Å². The summed E-state index contributed by atoms with van der Waals surface area (Å²) in [5.41, 5.74) is -0.436. The summed E-state index contributed by atoms with van der Waals surface area (Å²) < 4.78 is 15.2. The molecule has 0 aromatic heterocycles. The van der Waals surface area contributed by atoms with Crippen molar-refractivity contribution in [2.75, 3.05) is 6.73 Å². The molecule has 0 saturated carbocycles. The van der Waals surface area contributed by atoms with Crippen LogP contribution in [0.4, 0.5) is 4.79 Å². The van der Waals surface area contributed by atoms with Crippen molar-refractivity contribution >= 4 is 19.8 Å². The molecule has 0 atom stereocenters. The summed E-state index contributed by atoms with van der Waals surface area (Å²) in [6.07, 6.45) is 0. The Morgan fingerprint density at radius 1 is 0.926 bits per heavy atom. The smallest absolute Gasteiger partial charge is 0.315 e. The Morgan fingerprint density at radius 3 is 1.78 bits per heavy atom. The van der Waals surface area contributed by atoms with E-state index >= 15 is 0 Å². The molecule has 3 rings (SSSR count). The zero-order valence-electron chi connectivity index (χ0n) is 14.9. The standard InChI is InChI=1S/C16H15N2O6P.2Na/c19-14-16(12-7-3-1-4-8-12,13-9-5-2-6-10-13)17-15(20)18(14)11-24-25(21,22)23;;/h1-10H,11H2,(H,17,20)(H2,21,22,23);;/q;2*+1. The van der Waals surface area contributed by atoms with Gasteiger partial charge >= 0.3 is 73.0 Å². The van der Waals surface area contributed by atoms with E-state index in [0.29, 0.717) is 16.0 Å². The molecule has 2 aromatic carbocycles. The maximum Gasteiger partial charge on any atom is 1.00 e. The number of amides is 3. The number of carbonyl (C=O) groups excluding carboxylic acids is 2. The third kappa shape index (κ3) is 5.10. The van der Waals surface area contributed by atoms with Crippen molar-refractivity contribution in [1.82, 2.24) is 10.2 Å². The van der Waals surface area contributed by atoms with E-state index in [1.807, 2.05) is 0 Å². The Morgan fingerprint density at radius 2 is 1.37 bits per heavy atom. The molecule has 0 bridgehead atoms. The first kappa shape index (κ1) is 24.5. The van der Waals surface area contributed by atoms with Crippen LogP contribution < -0.4 is 64.4 Å². The summed E-state index contributed by atoms with van der Waals surface area (Å²) in [7, 11) is -4.83. The molecule has 0 spiro atoms. The van der Waals surface area contributed by atoms with Crippen molar-refractivity contribution in [3.63, 3.8) is 0 Å². The Bertz CT molecular complexity index is 807. The van der Waals surface area contributed by atoms with Crippen molar-refractivity contribution in [2.45, 2.75) is 5.54 Å². The third-order valence-corrected chi connectivity index (χ3v) is 4.33. The molecular formula is C16H15N2Na2O6P+2. The van der Waals surface area contributed by atoms with E-state index in [1.54, 1.807) is 60.7 Å². The number of nitrogens with one attached hydrogen (secondary N) is 1. The van der Waals surface area contributed by atoms with Gasteiger partial charge in [-0.05, 0) is 11.1 Å². The summed E-state index contributed by atoms with van der Waals surface area (Å²) in [6.45, 7) is -0.851. The first-order valence-corrected chi connectivity index (χ1v) is 8.83. The van der Waals surface area contributed by atoms with Crippen molar-refractivity contribution in [3.05, 3.63) is 71.8 Å². The second kappa shape index (κ2) is 9.80. The van der Waals surface area contributed by atoms with E-state index in [2.05, 4.69) is 9.84 Å². The number of phosphoric acid groups is 1. The molecule has 0 unspecified atom stereocenters. The molecular weight excluding hydrogens is 393 g/mol. The van der Waals surface area contributed by atoms with E-state index in [-0.39, 0.29) is 59.1 Å². The fraction of sp³-hybridized carbons (Fsp3) is 0.125. The molecule has 1 heterocycles. The van der Waals surface area contributed by atoms with Gasteiger partial charge in [0.05, 0.1) is 0 Å². The predicted octanol–water partition coefficient (Wildman–Crippen LogP) is -4.44. The summed E-state index contributed by atoms with van der Waals surface area (Å²) in [5.74, 6) is -0.677. The van der Waals surface area contributed by atoms with E-state index in [4.69, 9.17) is 9.79 Å². The zero-order valence-corrected chi connectivity index (χ0v) is 19.8. The summed E-state index contributed by atoms with van der Waals surface area (Å²) in [4.78, 5) is 43.7. The molecule has 3 N–H and O–H groups in total. The molecule has 1 saturated heterocycles. The van der Waals surface area contributed by atoms with Crippen LogP contribution in [0.1, 0.15) is 11.1 Å². The van der Waals surface area contributed by atoms with Crippen LogP contribution in [0.15, 0.2) is 60.7 Å². The molecule has 130 valence electrons. The van der Waals surface area contributed by atoms with Crippen LogP contribution in [0.5, 0.6) is 0 Å². The van der Waals surface area contributed by atoms with Crippen LogP contribution in [-0.2, 0) is 19.4 Å². The molecule has 0 radical (unpaired) electrons. The fourth-order valence-corrected chi connectivity index (χ4v) is 3.03. The van der Waals surface area contributed by atoms with Gasteiger partial charge in [0.1, 0.15) is 6.73 Å². The second-order valence-electron chi connectivity index (χ2n) is 5.39. The summed E-state index contributed by atoms with van der Waals surface area (Å²) in [5, 5.41) is 2.64. The number of rotatable bonds is 5. The van der Waals surface area contributed by atoms with Crippen molar-refractivity contribution < 1.29 is 87.6 Å². The quantitative estimate of drug-likeness (QED) is 0.261. The van der Waals surface area contributed by atoms with Gasteiger partial charge in [-0.2, -0.15) is 0 Å². The predicted molar refractivity (Wildman–Crippen MR) is 87.0 cm³/mol. The monoisotopic (exact) mass is 408 g/mol. The molecule has 8 nitrogen and oxygen atoms in total. The number of nitrogens with zero attached hydrogens (tertiary/aromatic N) is 1. The molecule has 1 fully saturated rings. The number of hydrogen-bond donors (Lipinski definition) is 3. The van der Waals surface area contributed by atoms with Gasteiger partial charge in [0.25, 0.3) is 5.91 Å². The van der Waals surface area contributed by atoms with Gasteiger partial charge in [-0.15, -0.1) is 0 Å². The Labute approximate surface area is 200 Å². The van der Waals surface area contributed by atoms with Crippen molar-refractivity contribution in [1.29, 1.82) is 0 Å². The number of carbonyl (C=O) groups is 2. The van der Waals surface area contributed by atoms with Crippen LogP contribution in [-0.4, -0.2) is 33.4 Å². The number of imide groups is 1. The van der Waals surface area contributed by atoms with Crippen LogP contribution in [0.3, 0.4) is 0 Å². The summed E-state index contributed by atoms with van der Waals surface area (Å²) in [6, 6.07) is 16.4. The second-order valence-corrected chi connectivity index (χ2v) is 6.63. The molecule has 27 heavy (non-hydrogen) atoms. The molecule has 0 aliphatic carbocycles. The number of urea groups is 1. The van der Waals surface area contributed by atoms with Gasteiger partial charge in [-0.1, -0.05) is 60.7 Å². The largest absolute Gasteiger partial charge is 1.00 e. The van der Waals surface area contributed by atoms with Gasteiger partial charge in [0.15, 0.2) is 5.54 Å². The van der Waals surface area contributed by atoms with Gasteiger partial charge < -0.3 is 15.1 Å². The minimum Gasteiger partial charge on any atom is -0.315 e. The fourth-order valence-electron chi connectivity index (χ4n) is 2.76. The summed E-state index contributed by atoms with van der Waals surface area (Å²) >= 11 is 0. The third-order valence-electron chi connectivity index (χ3n) is 3.87. The molecule has 1 aliphatic heterocycles. The maximum atomic E-state index is 13.1. The van der Waals surface area contributed by atoms with Gasteiger partial charge in [-0.25, -0.2) is 14.3 Å². The number of benzene rings is 2. The van der Waals surface area contributed by atoms with Crippen molar-refractivity contribution in [2.24, 2.45) is 0 Å². The molecule has 11 heteroatoms. The molecule has 1 aliphatic rings. The van der Waals surface area contributed by atoms with E-state index in [0.717, 1.165) is 0 Å². The normalized spacial score (nSPS) is 15.6. The van der Waals surface area contributed by atoms with E-state index in [9.17, 15) is 14.2 Å². The average Bonchev–Trinajstić information content (AvgIpc) is 2.85. The molecule has 3 amide bonds. The number of hydrogen-bond acceptors (Lipinski definition) is 4. The topological polar surface area (TPSA) is 116 Å². The van der Waals surface area contributed by atoms with E-state index in [1.165, 1.54) is 0 Å². The Hall–Kier alpha value is -0.510. The first-order valence-electron chi connectivity index (χ1n) is 7.30. The average molecular weight is 408 g/mol. The minimum atomic E-state index is -4.83. The van der Waals surface area contributed by atoms with Gasteiger partial charge in [0, 0.05) is 0 Å². The SMILES string of the molecule is O=C1NC(c2ccccc2)(c2ccccc2)C(=O)N1COP(=O)(O)O.[Na+].[Na+]. The Kier molecular flexibility index (Phi) is 8.91. The van der Waals surface area contributed by atoms with Crippen LogP contribution in [0.2, 0.25) is 0 Å². The van der Waals surface area contributed by atoms with Gasteiger partial charge in [0.2, 0.25) is 0 Å². The maximum absolute atomic E-state index is 13.1. The van der Waals surface area contributed by atoms with E-state index < -0.39 is 32.0 Å². The van der Waals surface area contributed by atoms with Crippen LogP contribution >= 0.6 is 7.82 Å². The minimum absolute atomic E-state index is 0. The van der Waals surface area contributed by atoms with Crippen LogP contribution in [0, 0.1) is 0 Å². The first-order chi connectivity index (χ1) is 11.8. The Balaban J connectivity index is 0.00000182. The number of phosphoric ester groups is 1. The van der Waals surface area contributed by atoms with Gasteiger partial charge in [-0.3, -0.25) is 9.32 Å². The zero-order chi connectivity index (χ0) is 18.1. The van der Waals surface area contributed by atoms with Crippen LogP contribution in [0.25, 0.3) is 0 Å². The molecule has 2 aromatic rings.